The summed E-state index contributed by atoms with van der Waals surface area (Å²) in [6.45, 7) is 5.50. The molecule has 0 aliphatic rings. The van der Waals surface area contributed by atoms with Crippen molar-refractivity contribution in [2.75, 3.05) is 5.43 Å². The maximum Gasteiger partial charge on any atom is 0.287 e. The highest BCUT2D eigenvalue weighted by Crippen LogP contribution is 2.25. The second-order valence-electron chi connectivity index (χ2n) is 6.42. The first-order valence-corrected chi connectivity index (χ1v) is 8.62. The van der Waals surface area contributed by atoms with Crippen molar-refractivity contribution >= 4 is 23.4 Å². The van der Waals surface area contributed by atoms with E-state index in [1.807, 2.05) is 30.5 Å². The highest BCUT2D eigenvalue weighted by atomic mass is 16.6. The van der Waals surface area contributed by atoms with Crippen molar-refractivity contribution in [3.63, 3.8) is 0 Å². The number of nitrogens with zero attached hydrogens (tertiary/aromatic N) is 5. The number of benzene rings is 1. The summed E-state index contributed by atoms with van der Waals surface area (Å²) in [5, 5.41) is 26.0. The number of aromatic nitrogens is 2. The van der Waals surface area contributed by atoms with Gasteiger partial charge >= 0.3 is 0 Å². The maximum atomic E-state index is 11.2. The first kappa shape index (κ1) is 19.7. The van der Waals surface area contributed by atoms with Crippen LogP contribution in [0.1, 0.15) is 22.5 Å². The molecule has 0 saturated carbocycles. The number of anilines is 1. The Labute approximate surface area is 165 Å². The summed E-state index contributed by atoms with van der Waals surface area (Å²) in [5.74, 6) is 0.370. The third-order valence-electron chi connectivity index (χ3n) is 4.46. The minimum Gasteiger partial charge on any atom is -0.318 e. The van der Waals surface area contributed by atoms with E-state index in [0.717, 1.165) is 23.1 Å². The molecule has 0 unspecified atom stereocenters. The Kier molecular flexibility index (Phi) is 5.35. The van der Waals surface area contributed by atoms with Crippen LogP contribution in [0.5, 0.6) is 0 Å². The van der Waals surface area contributed by atoms with Gasteiger partial charge in [0.1, 0.15) is 12.0 Å². The van der Waals surface area contributed by atoms with Crippen molar-refractivity contribution < 1.29 is 9.85 Å². The lowest BCUT2D eigenvalue weighted by Crippen LogP contribution is -2.02. The first-order valence-electron chi connectivity index (χ1n) is 8.62. The normalized spacial score (nSPS) is 11.0. The van der Waals surface area contributed by atoms with Crippen LogP contribution >= 0.6 is 0 Å². The SMILES string of the molecule is Cc1ccc(-n2c(C)cc(/C=N/Nc3ccc([N+](=O)[O-])cn3)c2C)cc1[N+](=O)[O-]. The molecule has 0 saturated heterocycles. The van der Waals surface area contributed by atoms with Gasteiger partial charge in [0, 0.05) is 34.6 Å². The fourth-order valence-electron chi connectivity index (χ4n) is 2.98. The topological polar surface area (TPSA) is 128 Å². The standard InChI is InChI=1S/C19H18N6O4/c1-12-4-5-16(9-18(12)25(28)29)23-13(2)8-15(14(23)3)10-21-22-19-7-6-17(11-20-19)24(26)27/h4-11H,1-3H3,(H,20,22)/b21-10+. The van der Waals surface area contributed by atoms with Gasteiger partial charge in [0.2, 0.25) is 0 Å². The predicted molar refractivity (Wildman–Crippen MR) is 109 cm³/mol. The van der Waals surface area contributed by atoms with Gasteiger partial charge in [-0.2, -0.15) is 5.10 Å². The summed E-state index contributed by atoms with van der Waals surface area (Å²) >= 11 is 0. The highest BCUT2D eigenvalue weighted by molar-refractivity contribution is 5.82. The van der Waals surface area contributed by atoms with Crippen LogP contribution in [0, 0.1) is 41.0 Å². The van der Waals surface area contributed by atoms with E-state index in [9.17, 15) is 20.2 Å². The van der Waals surface area contributed by atoms with E-state index in [-0.39, 0.29) is 11.4 Å². The van der Waals surface area contributed by atoms with E-state index in [4.69, 9.17) is 0 Å². The summed E-state index contributed by atoms with van der Waals surface area (Å²) in [5.41, 5.74) is 6.57. The molecule has 0 radical (unpaired) electrons. The minimum absolute atomic E-state index is 0.0659. The smallest absolute Gasteiger partial charge is 0.287 e. The van der Waals surface area contributed by atoms with Gasteiger partial charge in [-0.3, -0.25) is 25.7 Å². The van der Waals surface area contributed by atoms with E-state index >= 15 is 0 Å². The number of rotatable bonds is 6. The van der Waals surface area contributed by atoms with E-state index in [1.54, 1.807) is 25.3 Å². The van der Waals surface area contributed by atoms with Crippen molar-refractivity contribution in [2.24, 2.45) is 5.10 Å². The van der Waals surface area contributed by atoms with Gasteiger partial charge in [-0.1, -0.05) is 6.07 Å². The molecule has 0 aliphatic heterocycles. The fraction of sp³-hybridized carbons (Fsp3) is 0.158. The fourth-order valence-corrected chi connectivity index (χ4v) is 2.98. The highest BCUT2D eigenvalue weighted by Gasteiger charge is 2.15. The molecule has 148 valence electrons. The molecule has 0 aliphatic carbocycles. The minimum atomic E-state index is -0.523. The van der Waals surface area contributed by atoms with Crippen molar-refractivity contribution in [2.45, 2.75) is 20.8 Å². The molecule has 1 N–H and O–H groups in total. The number of hydrogen-bond donors (Lipinski definition) is 1. The van der Waals surface area contributed by atoms with Crippen LogP contribution in [0.25, 0.3) is 5.69 Å². The largest absolute Gasteiger partial charge is 0.318 e. The maximum absolute atomic E-state index is 11.2. The Morgan fingerprint density at radius 1 is 1.07 bits per heavy atom. The molecular weight excluding hydrogens is 376 g/mol. The average Bonchev–Trinajstić information content (AvgIpc) is 2.96. The van der Waals surface area contributed by atoms with Gasteiger partial charge in [-0.15, -0.1) is 0 Å². The van der Waals surface area contributed by atoms with E-state index < -0.39 is 9.85 Å². The second kappa shape index (κ2) is 7.89. The lowest BCUT2D eigenvalue weighted by atomic mass is 10.2. The van der Waals surface area contributed by atoms with Crippen LogP contribution in [0.2, 0.25) is 0 Å². The number of aryl methyl sites for hydroxylation is 2. The lowest BCUT2D eigenvalue weighted by molar-refractivity contribution is -0.385. The molecule has 2 aromatic heterocycles. The van der Waals surface area contributed by atoms with E-state index in [0.29, 0.717) is 17.1 Å². The van der Waals surface area contributed by atoms with Crippen LogP contribution in [0.4, 0.5) is 17.2 Å². The Morgan fingerprint density at radius 3 is 2.45 bits per heavy atom. The number of nitro groups is 2. The zero-order valence-electron chi connectivity index (χ0n) is 16.0. The molecule has 1 aromatic carbocycles. The Hall–Kier alpha value is -4.08. The molecule has 29 heavy (non-hydrogen) atoms. The predicted octanol–water partition coefficient (Wildman–Crippen LogP) is 4.06. The molecule has 0 amide bonds. The molecule has 0 atom stereocenters. The molecule has 0 spiro atoms. The molecule has 0 bridgehead atoms. The Balaban J connectivity index is 1.84. The van der Waals surface area contributed by atoms with Crippen LogP contribution in [0.15, 0.2) is 47.7 Å². The van der Waals surface area contributed by atoms with Gasteiger partial charge in [-0.25, -0.2) is 4.98 Å². The second-order valence-corrected chi connectivity index (χ2v) is 6.42. The monoisotopic (exact) mass is 394 g/mol. The van der Waals surface area contributed by atoms with Gasteiger partial charge in [0.05, 0.1) is 21.7 Å². The van der Waals surface area contributed by atoms with Gasteiger partial charge < -0.3 is 4.57 Å². The molecule has 0 fully saturated rings. The number of nitro benzene ring substituents is 1. The van der Waals surface area contributed by atoms with Crippen LogP contribution in [-0.4, -0.2) is 25.6 Å². The first-order chi connectivity index (χ1) is 13.8. The van der Waals surface area contributed by atoms with Crippen molar-refractivity contribution in [3.8, 4) is 5.69 Å². The van der Waals surface area contributed by atoms with E-state index in [2.05, 4.69) is 15.5 Å². The third kappa shape index (κ3) is 4.10. The summed E-state index contributed by atoms with van der Waals surface area (Å²) in [6, 6.07) is 9.82. The molecule has 10 nitrogen and oxygen atoms in total. The number of hydrogen-bond acceptors (Lipinski definition) is 7. The number of hydrazone groups is 1. The summed E-state index contributed by atoms with van der Waals surface area (Å²) < 4.78 is 1.91. The zero-order chi connectivity index (χ0) is 21.1. The summed E-state index contributed by atoms with van der Waals surface area (Å²) in [7, 11) is 0. The van der Waals surface area contributed by atoms with Crippen LogP contribution in [-0.2, 0) is 0 Å². The summed E-state index contributed by atoms with van der Waals surface area (Å²) in [6.07, 6.45) is 2.75. The van der Waals surface area contributed by atoms with Crippen molar-refractivity contribution in [1.29, 1.82) is 0 Å². The average molecular weight is 394 g/mol. The zero-order valence-corrected chi connectivity index (χ0v) is 16.0. The van der Waals surface area contributed by atoms with Crippen molar-refractivity contribution in [3.05, 3.63) is 85.3 Å². The van der Waals surface area contributed by atoms with E-state index in [1.165, 1.54) is 12.1 Å². The molecular formula is C19H18N6O4. The lowest BCUT2D eigenvalue weighted by Gasteiger charge is -2.10. The van der Waals surface area contributed by atoms with Gasteiger partial charge in [-0.05, 0) is 39.0 Å². The molecule has 3 aromatic rings. The Morgan fingerprint density at radius 2 is 1.83 bits per heavy atom. The quantitative estimate of drug-likeness (QED) is 0.381. The Bertz CT molecular complexity index is 1120. The van der Waals surface area contributed by atoms with Crippen LogP contribution in [0.3, 0.4) is 0 Å². The van der Waals surface area contributed by atoms with Gasteiger partial charge in [0.15, 0.2) is 0 Å². The number of nitrogens with one attached hydrogen (secondary N) is 1. The third-order valence-corrected chi connectivity index (χ3v) is 4.46. The summed E-state index contributed by atoms with van der Waals surface area (Å²) in [4.78, 5) is 24.9. The van der Waals surface area contributed by atoms with Gasteiger partial charge in [0.25, 0.3) is 11.4 Å². The molecule has 10 heteroatoms. The molecule has 2 heterocycles. The molecule has 3 rings (SSSR count). The number of pyridine rings is 1. The van der Waals surface area contributed by atoms with Crippen LogP contribution < -0.4 is 5.43 Å². The van der Waals surface area contributed by atoms with Crippen molar-refractivity contribution in [1.82, 2.24) is 9.55 Å².